The second kappa shape index (κ2) is 6.73. The quantitative estimate of drug-likeness (QED) is 0.755. The number of fused-ring (bicyclic) bond motifs is 1. The van der Waals surface area contributed by atoms with Gasteiger partial charge in [0.1, 0.15) is 5.82 Å². The van der Waals surface area contributed by atoms with Gasteiger partial charge in [-0.05, 0) is 42.5 Å². The first kappa shape index (κ1) is 19.0. The highest BCUT2D eigenvalue weighted by molar-refractivity contribution is 6.30. The van der Waals surface area contributed by atoms with Crippen LogP contribution in [0.1, 0.15) is 15.9 Å². The van der Waals surface area contributed by atoms with Gasteiger partial charge in [-0.25, -0.2) is 9.18 Å². The number of hydrogen-bond donors (Lipinski definition) is 2. The molecule has 1 heterocycles. The second-order valence-corrected chi connectivity index (χ2v) is 6.16. The molecular weight excluding hydrogens is 392 g/mol. The van der Waals surface area contributed by atoms with Gasteiger partial charge in [0.05, 0.1) is 12.2 Å². The first-order valence-electron chi connectivity index (χ1n) is 7.53. The first-order chi connectivity index (χ1) is 12.6. The van der Waals surface area contributed by atoms with E-state index in [1.165, 1.54) is 12.1 Å². The minimum atomic E-state index is -5.06. The van der Waals surface area contributed by atoms with E-state index in [-0.39, 0.29) is 16.3 Å². The minimum absolute atomic E-state index is 0.00742. The van der Waals surface area contributed by atoms with Crippen LogP contribution >= 0.6 is 11.6 Å². The number of hydrogen-bond acceptors (Lipinski definition) is 3. The molecule has 10 heteroatoms. The lowest BCUT2D eigenvalue weighted by Gasteiger charge is -2.39. The molecule has 2 N–H and O–H groups in total. The molecule has 2 aromatic rings. The van der Waals surface area contributed by atoms with E-state index in [9.17, 15) is 27.2 Å². The Hall–Kier alpha value is -2.81. The summed E-state index contributed by atoms with van der Waals surface area (Å²) in [5.74, 6) is -1.49. The van der Waals surface area contributed by atoms with Gasteiger partial charge in [-0.1, -0.05) is 11.6 Å². The molecule has 1 atom stereocenters. The number of ether oxygens (including phenoxy) is 1. The SMILES string of the molecule is O=C1Nc2ccc(Cl)cc2[C@](CNC(=O)c2ccc(F)cc2)(C(F)(F)F)O1. The molecule has 2 amide bonds. The second-order valence-electron chi connectivity index (χ2n) is 5.72. The van der Waals surface area contributed by atoms with Gasteiger partial charge in [-0.2, -0.15) is 13.2 Å². The van der Waals surface area contributed by atoms with Crippen LogP contribution in [0.4, 0.5) is 28.0 Å². The topological polar surface area (TPSA) is 67.4 Å². The highest BCUT2D eigenvalue weighted by Gasteiger charge is 2.62. The van der Waals surface area contributed by atoms with E-state index in [1.54, 1.807) is 0 Å². The number of anilines is 1. The van der Waals surface area contributed by atoms with Gasteiger partial charge in [-0.3, -0.25) is 10.1 Å². The maximum absolute atomic E-state index is 13.9. The molecule has 0 radical (unpaired) electrons. The van der Waals surface area contributed by atoms with Crippen LogP contribution < -0.4 is 10.6 Å². The Morgan fingerprint density at radius 3 is 2.48 bits per heavy atom. The van der Waals surface area contributed by atoms with Crippen LogP contribution in [0, 0.1) is 5.82 Å². The van der Waals surface area contributed by atoms with Gasteiger partial charge in [0.25, 0.3) is 11.5 Å². The van der Waals surface area contributed by atoms with E-state index in [0.717, 1.165) is 30.3 Å². The summed E-state index contributed by atoms with van der Waals surface area (Å²) in [4.78, 5) is 23.8. The van der Waals surface area contributed by atoms with Crippen molar-refractivity contribution in [2.75, 3.05) is 11.9 Å². The third kappa shape index (κ3) is 3.55. The number of halogens is 5. The lowest BCUT2D eigenvalue weighted by molar-refractivity contribution is -0.261. The van der Waals surface area contributed by atoms with Crippen molar-refractivity contribution in [3.05, 3.63) is 64.4 Å². The van der Waals surface area contributed by atoms with Crippen LogP contribution in [0.5, 0.6) is 0 Å². The largest absolute Gasteiger partial charge is 0.434 e. The molecule has 2 aromatic carbocycles. The number of rotatable bonds is 3. The Kier molecular flexibility index (Phi) is 4.73. The zero-order chi connectivity index (χ0) is 19.8. The maximum Gasteiger partial charge on any atom is 0.434 e. The fourth-order valence-corrected chi connectivity index (χ4v) is 2.83. The fraction of sp³-hybridized carbons (Fsp3) is 0.176. The van der Waals surface area contributed by atoms with Crippen molar-refractivity contribution in [2.45, 2.75) is 11.8 Å². The molecule has 0 aromatic heterocycles. The molecule has 0 saturated heterocycles. The normalized spacial score (nSPS) is 18.9. The van der Waals surface area contributed by atoms with E-state index in [2.05, 4.69) is 15.4 Å². The summed E-state index contributed by atoms with van der Waals surface area (Å²) in [7, 11) is 0. The average molecular weight is 403 g/mol. The lowest BCUT2D eigenvalue weighted by Crippen LogP contribution is -2.56. The van der Waals surface area contributed by atoms with Crippen LogP contribution in [0.15, 0.2) is 42.5 Å². The van der Waals surface area contributed by atoms with Gasteiger partial charge in [0.15, 0.2) is 0 Å². The third-order valence-electron chi connectivity index (χ3n) is 3.98. The van der Waals surface area contributed by atoms with E-state index >= 15 is 0 Å². The van der Waals surface area contributed by atoms with Crippen LogP contribution in [-0.2, 0) is 10.3 Å². The number of amides is 2. The highest BCUT2D eigenvalue weighted by Crippen LogP contribution is 2.47. The minimum Gasteiger partial charge on any atom is -0.426 e. The molecular formula is C17H11ClF4N2O3. The van der Waals surface area contributed by atoms with Crippen molar-refractivity contribution in [3.63, 3.8) is 0 Å². The Morgan fingerprint density at radius 1 is 1.19 bits per heavy atom. The zero-order valence-corrected chi connectivity index (χ0v) is 14.1. The number of carbonyl (C=O) groups excluding carboxylic acids is 2. The molecule has 3 rings (SSSR count). The lowest BCUT2D eigenvalue weighted by atomic mass is 9.89. The van der Waals surface area contributed by atoms with Gasteiger partial charge in [0.2, 0.25) is 0 Å². The Labute approximate surface area is 155 Å². The number of benzene rings is 2. The van der Waals surface area contributed by atoms with Crippen molar-refractivity contribution < 1.29 is 31.9 Å². The van der Waals surface area contributed by atoms with E-state index < -0.39 is 41.7 Å². The monoisotopic (exact) mass is 402 g/mol. The van der Waals surface area contributed by atoms with Crippen molar-refractivity contribution in [1.82, 2.24) is 5.32 Å². The molecule has 0 spiro atoms. The summed E-state index contributed by atoms with van der Waals surface area (Å²) in [5, 5.41) is 4.24. The van der Waals surface area contributed by atoms with Crippen LogP contribution in [-0.4, -0.2) is 24.7 Å². The van der Waals surface area contributed by atoms with Crippen LogP contribution in [0.3, 0.4) is 0 Å². The van der Waals surface area contributed by atoms with E-state index in [1.807, 2.05) is 0 Å². The van der Waals surface area contributed by atoms with E-state index in [0.29, 0.717) is 0 Å². The van der Waals surface area contributed by atoms with Gasteiger partial charge in [-0.15, -0.1) is 0 Å². The standard InChI is InChI=1S/C17H11ClF4N2O3/c18-10-3-6-13-12(7-10)16(17(20,21)22,27-15(26)24-13)8-23-14(25)9-1-4-11(19)5-2-9/h1-7H,8H2,(H,23,25)(H,24,26)/t16-/m1/s1. The van der Waals surface area contributed by atoms with Gasteiger partial charge in [0, 0.05) is 16.1 Å². The number of alkyl halides is 3. The van der Waals surface area contributed by atoms with Crippen molar-refractivity contribution in [3.8, 4) is 0 Å². The summed E-state index contributed by atoms with van der Waals surface area (Å²) in [6.45, 7) is -1.09. The maximum atomic E-state index is 13.9. The summed E-state index contributed by atoms with van der Waals surface area (Å²) < 4.78 is 59.4. The summed E-state index contributed by atoms with van der Waals surface area (Å²) in [6.07, 6.45) is -6.38. The van der Waals surface area contributed by atoms with Gasteiger partial charge < -0.3 is 10.1 Å². The molecule has 0 fully saturated rings. The fourth-order valence-electron chi connectivity index (χ4n) is 2.66. The smallest absolute Gasteiger partial charge is 0.426 e. The molecule has 1 aliphatic heterocycles. The van der Waals surface area contributed by atoms with Crippen molar-refractivity contribution in [1.29, 1.82) is 0 Å². The van der Waals surface area contributed by atoms with Crippen molar-refractivity contribution in [2.24, 2.45) is 0 Å². The van der Waals surface area contributed by atoms with Gasteiger partial charge >= 0.3 is 12.3 Å². The average Bonchev–Trinajstić information content (AvgIpc) is 2.59. The molecule has 0 saturated carbocycles. The molecule has 142 valence electrons. The van der Waals surface area contributed by atoms with Crippen LogP contribution in [0.25, 0.3) is 0 Å². The molecule has 0 aliphatic carbocycles. The molecule has 27 heavy (non-hydrogen) atoms. The zero-order valence-electron chi connectivity index (χ0n) is 13.4. The highest BCUT2D eigenvalue weighted by atomic mass is 35.5. The van der Waals surface area contributed by atoms with Crippen LogP contribution in [0.2, 0.25) is 5.02 Å². The number of carbonyl (C=O) groups is 2. The third-order valence-corrected chi connectivity index (χ3v) is 4.22. The molecule has 5 nitrogen and oxygen atoms in total. The summed E-state index contributed by atoms with van der Waals surface area (Å²) >= 11 is 5.81. The molecule has 0 unspecified atom stereocenters. The van der Waals surface area contributed by atoms with E-state index in [4.69, 9.17) is 11.6 Å². The predicted octanol–water partition coefficient (Wildman–Crippen LogP) is 4.23. The number of nitrogens with one attached hydrogen (secondary N) is 2. The summed E-state index contributed by atoms with van der Waals surface area (Å²) in [5.41, 5.74) is -3.77. The predicted molar refractivity (Wildman–Crippen MR) is 88.0 cm³/mol. The molecule has 0 bridgehead atoms. The summed E-state index contributed by atoms with van der Waals surface area (Å²) in [6, 6.07) is 7.74. The first-order valence-corrected chi connectivity index (χ1v) is 7.91. The Morgan fingerprint density at radius 2 is 1.85 bits per heavy atom. The number of cyclic esters (lactones) is 1. The molecule has 1 aliphatic rings. The Bertz CT molecular complexity index is 902. The van der Waals surface area contributed by atoms with Crippen molar-refractivity contribution >= 4 is 29.3 Å². The Balaban J connectivity index is 1.97.